The standard InChI is InChI=1S/C20H21FN4O2/c1-10-7-17(26)12(3)5-15(10)23-19-14(21)9-22-20(25-19)24-16-6-13(4)18(27)8-11(16)2/h5-9,26-27H,1-4H3,(H2,22,23,24,25). The molecule has 0 bridgehead atoms. The molecule has 0 radical (unpaired) electrons. The topological polar surface area (TPSA) is 90.3 Å². The van der Waals surface area contributed by atoms with Gasteiger partial charge in [-0.15, -0.1) is 0 Å². The van der Waals surface area contributed by atoms with E-state index >= 15 is 0 Å². The number of aromatic nitrogens is 2. The summed E-state index contributed by atoms with van der Waals surface area (Å²) in [6.07, 6.45) is 1.09. The Morgan fingerprint density at radius 2 is 1.30 bits per heavy atom. The molecule has 7 heteroatoms. The second kappa shape index (κ2) is 7.11. The fraction of sp³-hybridized carbons (Fsp3) is 0.200. The lowest BCUT2D eigenvalue weighted by Crippen LogP contribution is -2.05. The monoisotopic (exact) mass is 368 g/mol. The third kappa shape index (κ3) is 3.92. The van der Waals surface area contributed by atoms with Crippen molar-refractivity contribution in [2.45, 2.75) is 27.7 Å². The molecule has 1 aromatic heterocycles. The van der Waals surface area contributed by atoms with Gasteiger partial charge in [-0.25, -0.2) is 9.37 Å². The number of anilines is 4. The Labute approximate surface area is 156 Å². The van der Waals surface area contributed by atoms with Gasteiger partial charge in [0, 0.05) is 11.4 Å². The van der Waals surface area contributed by atoms with E-state index in [2.05, 4.69) is 20.6 Å². The van der Waals surface area contributed by atoms with Crippen LogP contribution in [0.2, 0.25) is 0 Å². The molecule has 2 aromatic carbocycles. The molecular formula is C20H21FN4O2. The molecule has 1 heterocycles. The summed E-state index contributed by atoms with van der Waals surface area (Å²) in [6.45, 7) is 7.20. The number of phenolic OH excluding ortho intramolecular Hbond substituents is 2. The minimum Gasteiger partial charge on any atom is -0.508 e. The first-order valence-electron chi connectivity index (χ1n) is 8.41. The summed E-state index contributed by atoms with van der Waals surface area (Å²) in [5, 5.41) is 25.5. The van der Waals surface area contributed by atoms with Crippen LogP contribution in [0, 0.1) is 33.5 Å². The summed E-state index contributed by atoms with van der Waals surface area (Å²) in [4.78, 5) is 8.20. The Kier molecular flexibility index (Phi) is 4.85. The van der Waals surface area contributed by atoms with E-state index in [9.17, 15) is 14.6 Å². The van der Waals surface area contributed by atoms with E-state index in [4.69, 9.17) is 0 Å². The zero-order valence-corrected chi connectivity index (χ0v) is 15.6. The molecule has 4 N–H and O–H groups in total. The molecule has 0 atom stereocenters. The van der Waals surface area contributed by atoms with E-state index in [1.807, 2.05) is 13.8 Å². The maximum atomic E-state index is 14.2. The predicted molar refractivity (Wildman–Crippen MR) is 104 cm³/mol. The highest BCUT2D eigenvalue weighted by Crippen LogP contribution is 2.29. The van der Waals surface area contributed by atoms with E-state index < -0.39 is 5.82 Å². The molecule has 0 saturated heterocycles. The van der Waals surface area contributed by atoms with Crippen LogP contribution >= 0.6 is 0 Å². The number of hydrogen-bond donors (Lipinski definition) is 4. The van der Waals surface area contributed by atoms with E-state index in [1.165, 1.54) is 0 Å². The number of aryl methyl sites for hydroxylation is 4. The van der Waals surface area contributed by atoms with Crippen molar-refractivity contribution in [1.29, 1.82) is 0 Å². The lowest BCUT2D eigenvalue weighted by atomic mass is 10.1. The number of rotatable bonds is 4. The van der Waals surface area contributed by atoms with Gasteiger partial charge in [0.25, 0.3) is 0 Å². The second-order valence-corrected chi connectivity index (χ2v) is 6.55. The van der Waals surface area contributed by atoms with Crippen LogP contribution in [-0.2, 0) is 0 Å². The van der Waals surface area contributed by atoms with Crippen molar-refractivity contribution in [1.82, 2.24) is 9.97 Å². The van der Waals surface area contributed by atoms with Crippen LogP contribution in [0.15, 0.2) is 30.5 Å². The number of nitrogens with one attached hydrogen (secondary N) is 2. The van der Waals surface area contributed by atoms with Gasteiger partial charge in [-0.05, 0) is 74.2 Å². The highest BCUT2D eigenvalue weighted by atomic mass is 19.1. The average molecular weight is 368 g/mol. The summed E-state index contributed by atoms with van der Waals surface area (Å²) in [5.74, 6) is 0.0405. The van der Waals surface area contributed by atoms with Crippen molar-refractivity contribution in [3.8, 4) is 11.5 Å². The van der Waals surface area contributed by atoms with Crippen molar-refractivity contribution in [3.63, 3.8) is 0 Å². The lowest BCUT2D eigenvalue weighted by Gasteiger charge is -2.14. The predicted octanol–water partition coefficient (Wildman–Crippen LogP) is 4.75. The molecule has 0 aliphatic heterocycles. The first-order chi connectivity index (χ1) is 12.7. The molecular weight excluding hydrogens is 347 g/mol. The molecule has 0 aliphatic carbocycles. The number of phenols is 2. The van der Waals surface area contributed by atoms with Gasteiger partial charge < -0.3 is 20.8 Å². The first-order valence-corrected chi connectivity index (χ1v) is 8.41. The largest absolute Gasteiger partial charge is 0.508 e. The van der Waals surface area contributed by atoms with Crippen LogP contribution < -0.4 is 10.6 Å². The minimum atomic E-state index is -0.593. The SMILES string of the molecule is Cc1cc(Nc2ncc(F)c(Nc3cc(C)c(O)cc3C)n2)c(C)cc1O. The highest BCUT2D eigenvalue weighted by molar-refractivity contribution is 5.66. The van der Waals surface area contributed by atoms with Gasteiger partial charge in [-0.1, -0.05) is 0 Å². The maximum Gasteiger partial charge on any atom is 0.229 e. The van der Waals surface area contributed by atoms with E-state index in [-0.39, 0.29) is 23.3 Å². The number of nitrogens with zero attached hydrogens (tertiary/aromatic N) is 2. The van der Waals surface area contributed by atoms with Crippen LogP contribution in [0.25, 0.3) is 0 Å². The summed E-state index contributed by atoms with van der Waals surface area (Å²) in [6, 6.07) is 6.76. The maximum absolute atomic E-state index is 14.2. The number of halogens is 1. The molecule has 0 fully saturated rings. The Balaban J connectivity index is 1.91. The van der Waals surface area contributed by atoms with Crippen molar-refractivity contribution < 1.29 is 14.6 Å². The number of hydrogen-bond acceptors (Lipinski definition) is 6. The molecule has 3 rings (SSSR count). The molecule has 0 aliphatic rings. The fourth-order valence-electron chi connectivity index (χ4n) is 2.63. The van der Waals surface area contributed by atoms with Gasteiger partial charge in [0.05, 0.1) is 6.20 Å². The molecule has 0 spiro atoms. The number of aromatic hydroxyl groups is 2. The van der Waals surface area contributed by atoms with Gasteiger partial charge in [0.15, 0.2) is 11.6 Å². The van der Waals surface area contributed by atoms with Crippen LogP contribution in [0.1, 0.15) is 22.3 Å². The van der Waals surface area contributed by atoms with Crippen molar-refractivity contribution in [3.05, 3.63) is 58.5 Å². The highest BCUT2D eigenvalue weighted by Gasteiger charge is 2.12. The lowest BCUT2D eigenvalue weighted by molar-refractivity contribution is 0.470. The second-order valence-electron chi connectivity index (χ2n) is 6.55. The van der Waals surface area contributed by atoms with Crippen LogP contribution in [0.4, 0.5) is 27.5 Å². The van der Waals surface area contributed by atoms with Gasteiger partial charge in [-0.2, -0.15) is 4.98 Å². The van der Waals surface area contributed by atoms with E-state index in [1.54, 1.807) is 38.1 Å². The van der Waals surface area contributed by atoms with Gasteiger partial charge in [0.2, 0.25) is 5.95 Å². The third-order valence-electron chi connectivity index (χ3n) is 4.33. The Morgan fingerprint density at radius 1 is 0.778 bits per heavy atom. The van der Waals surface area contributed by atoms with Crippen LogP contribution in [-0.4, -0.2) is 20.2 Å². The quantitative estimate of drug-likeness (QED) is 0.497. The third-order valence-corrected chi connectivity index (χ3v) is 4.33. The summed E-state index contributed by atoms with van der Waals surface area (Å²) >= 11 is 0. The van der Waals surface area contributed by atoms with E-state index in [0.29, 0.717) is 16.8 Å². The molecule has 0 amide bonds. The summed E-state index contributed by atoms with van der Waals surface area (Å²) < 4.78 is 14.2. The van der Waals surface area contributed by atoms with Crippen LogP contribution in [0.3, 0.4) is 0 Å². The Hall–Kier alpha value is -3.35. The first kappa shape index (κ1) is 18.4. The molecule has 6 nitrogen and oxygen atoms in total. The molecule has 27 heavy (non-hydrogen) atoms. The van der Waals surface area contributed by atoms with Gasteiger partial charge >= 0.3 is 0 Å². The van der Waals surface area contributed by atoms with Gasteiger partial charge in [-0.3, -0.25) is 0 Å². The smallest absolute Gasteiger partial charge is 0.229 e. The van der Waals surface area contributed by atoms with Gasteiger partial charge in [0.1, 0.15) is 11.5 Å². The Bertz CT molecular complexity index is 1020. The van der Waals surface area contributed by atoms with Crippen molar-refractivity contribution >= 4 is 23.1 Å². The van der Waals surface area contributed by atoms with Crippen molar-refractivity contribution in [2.75, 3.05) is 10.6 Å². The summed E-state index contributed by atoms with van der Waals surface area (Å²) in [5.41, 5.74) is 4.32. The molecule has 0 unspecified atom stereocenters. The van der Waals surface area contributed by atoms with E-state index in [0.717, 1.165) is 23.0 Å². The zero-order valence-electron chi connectivity index (χ0n) is 15.6. The minimum absolute atomic E-state index is 0.0221. The number of benzene rings is 2. The molecule has 0 saturated carbocycles. The molecule has 140 valence electrons. The normalized spacial score (nSPS) is 10.7. The average Bonchev–Trinajstić information content (AvgIpc) is 2.60. The molecule has 3 aromatic rings. The Morgan fingerprint density at radius 3 is 1.85 bits per heavy atom. The summed E-state index contributed by atoms with van der Waals surface area (Å²) in [7, 11) is 0. The van der Waals surface area contributed by atoms with Crippen LogP contribution in [0.5, 0.6) is 11.5 Å². The van der Waals surface area contributed by atoms with Crippen molar-refractivity contribution in [2.24, 2.45) is 0 Å². The fourth-order valence-corrected chi connectivity index (χ4v) is 2.63. The zero-order chi connectivity index (χ0) is 19.7.